The number of piperidine rings is 1. The lowest BCUT2D eigenvalue weighted by atomic mass is 9.97. The zero-order valence-corrected chi connectivity index (χ0v) is 16.6. The quantitative estimate of drug-likeness (QED) is 0.733. The Balaban J connectivity index is 2.24. The van der Waals surface area contributed by atoms with Crippen molar-refractivity contribution in [2.24, 2.45) is 0 Å². The smallest absolute Gasteiger partial charge is 0.416 e. The highest BCUT2D eigenvalue weighted by molar-refractivity contribution is 5.87. The summed E-state index contributed by atoms with van der Waals surface area (Å²) < 4.78 is 5.55. The molecule has 144 valence electrons. The number of carbonyl (C=O) groups excluding carboxylic acids is 2. The van der Waals surface area contributed by atoms with Gasteiger partial charge in [-0.1, -0.05) is 13.0 Å². The third-order valence-corrected chi connectivity index (χ3v) is 4.70. The highest BCUT2D eigenvalue weighted by Crippen LogP contribution is 2.30. The fourth-order valence-corrected chi connectivity index (χ4v) is 3.17. The maximum atomic E-state index is 12.7. The molecule has 1 aliphatic rings. The molecule has 0 radical (unpaired) electrons. The fourth-order valence-electron chi connectivity index (χ4n) is 3.17. The number of anilines is 1. The van der Waals surface area contributed by atoms with E-state index in [0.717, 1.165) is 44.2 Å². The molecule has 0 aromatic carbocycles. The third kappa shape index (κ3) is 4.96. The van der Waals surface area contributed by atoms with Gasteiger partial charge in [0.1, 0.15) is 11.4 Å². The van der Waals surface area contributed by atoms with Crippen LogP contribution >= 0.6 is 0 Å². The summed E-state index contributed by atoms with van der Waals surface area (Å²) in [5, 5.41) is 0. The molecule has 26 heavy (non-hydrogen) atoms. The van der Waals surface area contributed by atoms with E-state index in [0.29, 0.717) is 5.82 Å². The number of pyridine rings is 1. The van der Waals surface area contributed by atoms with Crippen LogP contribution in [0.15, 0.2) is 18.3 Å². The van der Waals surface area contributed by atoms with Crippen LogP contribution in [0.2, 0.25) is 0 Å². The van der Waals surface area contributed by atoms with E-state index in [1.54, 1.807) is 11.1 Å². The summed E-state index contributed by atoms with van der Waals surface area (Å²) in [7, 11) is 0. The third-order valence-electron chi connectivity index (χ3n) is 4.70. The van der Waals surface area contributed by atoms with E-state index in [2.05, 4.69) is 4.98 Å². The number of rotatable bonds is 5. The second-order valence-corrected chi connectivity index (χ2v) is 7.91. The van der Waals surface area contributed by atoms with E-state index < -0.39 is 5.60 Å². The van der Waals surface area contributed by atoms with Crippen LogP contribution in [0.25, 0.3) is 0 Å². The first-order valence-electron chi connectivity index (χ1n) is 9.46. The monoisotopic (exact) mass is 361 g/mol. The zero-order chi connectivity index (χ0) is 19.3. The lowest BCUT2D eigenvalue weighted by Crippen LogP contribution is -2.42. The average Bonchev–Trinajstić information content (AvgIpc) is 2.60. The van der Waals surface area contributed by atoms with Crippen LogP contribution in [0.3, 0.4) is 0 Å². The number of nitrogens with zero attached hydrogens (tertiary/aromatic N) is 3. The van der Waals surface area contributed by atoms with Crippen LogP contribution in [0.4, 0.5) is 10.6 Å². The Morgan fingerprint density at radius 2 is 2.15 bits per heavy atom. The summed E-state index contributed by atoms with van der Waals surface area (Å²) >= 11 is 0. The van der Waals surface area contributed by atoms with Crippen molar-refractivity contribution in [3.05, 3.63) is 23.9 Å². The van der Waals surface area contributed by atoms with Gasteiger partial charge in [0.15, 0.2) is 0 Å². The molecule has 2 rings (SSSR count). The first-order chi connectivity index (χ1) is 12.3. The van der Waals surface area contributed by atoms with Gasteiger partial charge in [-0.25, -0.2) is 9.78 Å². The van der Waals surface area contributed by atoms with Gasteiger partial charge in [-0.05, 0) is 65.0 Å². The molecular formula is C20H31N3O3. The highest BCUT2D eigenvalue weighted by Gasteiger charge is 2.28. The maximum absolute atomic E-state index is 12.7. The molecule has 0 aliphatic carbocycles. The molecule has 2 heterocycles. The van der Waals surface area contributed by atoms with Crippen molar-refractivity contribution < 1.29 is 14.3 Å². The Bertz CT molecular complexity index is 610. The lowest BCUT2D eigenvalue weighted by Gasteiger charge is -2.33. The Hall–Kier alpha value is -2.11. The number of carbonyl (C=O) groups is 2. The number of hydrogen-bond donors (Lipinski definition) is 0. The lowest BCUT2D eigenvalue weighted by molar-refractivity contribution is -0.121. The van der Waals surface area contributed by atoms with Gasteiger partial charge in [0.25, 0.3) is 0 Å². The zero-order valence-electron chi connectivity index (χ0n) is 16.6. The van der Waals surface area contributed by atoms with Crippen LogP contribution in [-0.2, 0) is 9.53 Å². The second-order valence-electron chi connectivity index (χ2n) is 7.91. The molecular weight excluding hydrogens is 330 g/mol. The molecule has 0 bridgehead atoms. The SMILES string of the molecule is CC[C@H](C)N(C(=O)OC(C)(C)C)c1ccc([C@@H]2CCCCN2C=O)cn1. The van der Waals surface area contributed by atoms with Gasteiger partial charge in [0.2, 0.25) is 6.41 Å². The Morgan fingerprint density at radius 3 is 2.69 bits per heavy atom. The van der Waals surface area contributed by atoms with Gasteiger partial charge in [-0.2, -0.15) is 0 Å². The van der Waals surface area contributed by atoms with Crippen molar-refractivity contribution in [2.45, 2.75) is 78.0 Å². The highest BCUT2D eigenvalue weighted by atomic mass is 16.6. The largest absolute Gasteiger partial charge is 0.443 e. The van der Waals surface area contributed by atoms with Crippen LogP contribution < -0.4 is 4.90 Å². The molecule has 6 heteroatoms. The van der Waals surface area contributed by atoms with E-state index >= 15 is 0 Å². The molecule has 0 spiro atoms. The van der Waals surface area contributed by atoms with E-state index in [-0.39, 0.29) is 18.2 Å². The van der Waals surface area contributed by atoms with Crippen LogP contribution in [0.5, 0.6) is 0 Å². The van der Waals surface area contributed by atoms with Crippen molar-refractivity contribution in [2.75, 3.05) is 11.4 Å². The Morgan fingerprint density at radius 1 is 1.42 bits per heavy atom. The first-order valence-corrected chi connectivity index (χ1v) is 9.46. The normalized spacial score (nSPS) is 19.0. The number of ether oxygens (including phenoxy) is 1. The van der Waals surface area contributed by atoms with E-state index in [1.165, 1.54) is 0 Å². The predicted molar refractivity (Wildman–Crippen MR) is 102 cm³/mol. The molecule has 6 nitrogen and oxygen atoms in total. The van der Waals surface area contributed by atoms with E-state index in [9.17, 15) is 9.59 Å². The fraction of sp³-hybridized carbons (Fsp3) is 0.650. The van der Waals surface area contributed by atoms with Crippen molar-refractivity contribution in [3.8, 4) is 0 Å². The number of likely N-dealkylation sites (tertiary alicyclic amines) is 1. The minimum atomic E-state index is -0.560. The maximum Gasteiger partial charge on any atom is 0.416 e. The average molecular weight is 361 g/mol. The van der Waals surface area contributed by atoms with Crippen molar-refractivity contribution in [1.29, 1.82) is 0 Å². The van der Waals surface area contributed by atoms with Gasteiger partial charge < -0.3 is 9.64 Å². The van der Waals surface area contributed by atoms with Crippen molar-refractivity contribution in [1.82, 2.24) is 9.88 Å². The van der Waals surface area contributed by atoms with Gasteiger partial charge in [0, 0.05) is 18.8 Å². The molecule has 1 aromatic heterocycles. The van der Waals surface area contributed by atoms with Crippen molar-refractivity contribution >= 4 is 18.3 Å². The predicted octanol–water partition coefficient (Wildman–Crippen LogP) is 4.31. The van der Waals surface area contributed by atoms with Gasteiger partial charge in [0.05, 0.1) is 6.04 Å². The van der Waals surface area contributed by atoms with Gasteiger partial charge in [-0.3, -0.25) is 9.69 Å². The summed E-state index contributed by atoms with van der Waals surface area (Å²) in [6.45, 7) is 10.4. The van der Waals surface area contributed by atoms with Crippen LogP contribution in [0.1, 0.15) is 71.9 Å². The molecule has 0 unspecified atom stereocenters. The molecule has 2 amide bonds. The van der Waals surface area contributed by atoms with E-state index in [1.807, 2.05) is 51.7 Å². The summed E-state index contributed by atoms with van der Waals surface area (Å²) in [5.74, 6) is 0.575. The minimum absolute atomic E-state index is 0.0237. The van der Waals surface area contributed by atoms with Gasteiger partial charge in [-0.15, -0.1) is 0 Å². The molecule has 0 N–H and O–H groups in total. The number of amides is 2. The topological polar surface area (TPSA) is 62.7 Å². The van der Waals surface area contributed by atoms with Crippen molar-refractivity contribution in [3.63, 3.8) is 0 Å². The molecule has 1 aromatic rings. The first kappa shape index (κ1) is 20.2. The van der Waals surface area contributed by atoms with Crippen LogP contribution in [0, 0.1) is 0 Å². The van der Waals surface area contributed by atoms with Gasteiger partial charge >= 0.3 is 6.09 Å². The molecule has 1 aliphatic heterocycles. The standard InChI is InChI=1S/C20H31N3O3/c1-6-15(2)23(19(25)26-20(3,4)5)18-11-10-16(13-21-18)17-9-7-8-12-22(17)14-24/h10-11,13-15,17H,6-9,12H2,1-5H3/t15-,17-/m0/s1. The summed E-state index contributed by atoms with van der Waals surface area (Å²) in [6, 6.07) is 3.86. The summed E-state index contributed by atoms with van der Waals surface area (Å²) in [5.41, 5.74) is 0.448. The van der Waals surface area contributed by atoms with Crippen LogP contribution in [-0.4, -0.2) is 40.6 Å². The summed E-state index contributed by atoms with van der Waals surface area (Å²) in [4.78, 5) is 31.9. The molecule has 0 saturated carbocycles. The van der Waals surface area contributed by atoms with E-state index in [4.69, 9.17) is 4.74 Å². The Kier molecular flexibility index (Phi) is 6.62. The Labute approximate surface area is 156 Å². The molecule has 1 saturated heterocycles. The number of hydrogen-bond acceptors (Lipinski definition) is 4. The minimum Gasteiger partial charge on any atom is -0.443 e. The second kappa shape index (κ2) is 8.52. The number of aromatic nitrogens is 1. The molecule has 1 fully saturated rings. The molecule has 2 atom stereocenters. The summed E-state index contributed by atoms with van der Waals surface area (Å²) in [6.07, 6.45) is 6.20.